The van der Waals surface area contributed by atoms with Gasteiger partial charge in [-0.3, -0.25) is 0 Å². The minimum Gasteiger partial charge on any atom is -0.370 e. The van der Waals surface area contributed by atoms with E-state index in [2.05, 4.69) is 15.3 Å². The Morgan fingerprint density at radius 3 is 2.67 bits per heavy atom. The van der Waals surface area contributed by atoms with Crippen molar-refractivity contribution in [3.8, 4) is 0 Å². The van der Waals surface area contributed by atoms with Gasteiger partial charge in [-0.05, 0) is 25.7 Å². The van der Waals surface area contributed by atoms with Gasteiger partial charge >= 0.3 is 0 Å². The van der Waals surface area contributed by atoms with Crippen LogP contribution in [0.4, 0.5) is 0 Å². The highest BCUT2D eigenvalue weighted by molar-refractivity contribution is 5.01. The van der Waals surface area contributed by atoms with Crippen molar-refractivity contribution in [2.75, 3.05) is 6.61 Å². The van der Waals surface area contributed by atoms with E-state index in [4.69, 9.17) is 4.74 Å². The molecule has 4 nitrogen and oxygen atoms in total. The molecule has 0 aromatic carbocycles. The second kappa shape index (κ2) is 5.85. The van der Waals surface area contributed by atoms with Crippen LogP contribution in [0.5, 0.6) is 0 Å². The first-order chi connectivity index (χ1) is 8.92. The van der Waals surface area contributed by atoms with Gasteiger partial charge in [0, 0.05) is 12.1 Å². The first-order valence-corrected chi connectivity index (χ1v) is 7.28. The van der Waals surface area contributed by atoms with Gasteiger partial charge in [0.25, 0.3) is 0 Å². The molecule has 0 radical (unpaired) electrons. The third-order valence-electron chi connectivity index (χ3n) is 4.22. The first kappa shape index (κ1) is 12.2. The molecule has 2 atom stereocenters. The van der Waals surface area contributed by atoms with Gasteiger partial charge in [0.05, 0.1) is 30.9 Å². The summed E-state index contributed by atoms with van der Waals surface area (Å²) in [6.45, 7) is 0.834. The molecule has 0 spiro atoms. The second-order valence-corrected chi connectivity index (χ2v) is 5.60. The predicted octanol–water partition coefficient (Wildman–Crippen LogP) is 2.55. The SMILES string of the molecule is c1ncc([C@@H]2CC[C@@H](NC3CCCCC3)CO2)[nH]1. The Morgan fingerprint density at radius 1 is 1.11 bits per heavy atom. The maximum Gasteiger partial charge on any atom is 0.0989 e. The number of ether oxygens (including phenoxy) is 1. The molecular formula is C14H23N3O. The third-order valence-corrected chi connectivity index (χ3v) is 4.22. The lowest BCUT2D eigenvalue weighted by Crippen LogP contribution is -2.44. The van der Waals surface area contributed by atoms with E-state index in [1.54, 1.807) is 6.33 Å². The summed E-state index contributed by atoms with van der Waals surface area (Å²) in [4.78, 5) is 7.21. The Morgan fingerprint density at radius 2 is 2.00 bits per heavy atom. The zero-order valence-corrected chi connectivity index (χ0v) is 10.9. The molecule has 1 aliphatic carbocycles. The molecule has 100 valence electrons. The fourth-order valence-electron chi connectivity index (χ4n) is 3.17. The van der Waals surface area contributed by atoms with Crippen LogP contribution in [-0.4, -0.2) is 28.7 Å². The number of H-pyrrole nitrogens is 1. The number of imidazole rings is 1. The fourth-order valence-corrected chi connectivity index (χ4v) is 3.17. The maximum absolute atomic E-state index is 5.94. The third kappa shape index (κ3) is 2.93. The molecule has 2 N–H and O–H groups in total. The second-order valence-electron chi connectivity index (χ2n) is 5.60. The van der Waals surface area contributed by atoms with E-state index in [0.717, 1.165) is 24.8 Å². The van der Waals surface area contributed by atoms with Crippen molar-refractivity contribution < 1.29 is 4.74 Å². The molecule has 0 bridgehead atoms. The van der Waals surface area contributed by atoms with Crippen molar-refractivity contribution in [2.24, 2.45) is 0 Å². The molecule has 1 saturated heterocycles. The number of nitrogens with zero attached hydrogens (tertiary/aromatic N) is 1. The van der Waals surface area contributed by atoms with Crippen LogP contribution in [0.15, 0.2) is 12.5 Å². The Bertz CT molecular complexity index is 338. The zero-order valence-electron chi connectivity index (χ0n) is 10.9. The van der Waals surface area contributed by atoms with Crippen LogP contribution in [0.25, 0.3) is 0 Å². The average molecular weight is 249 g/mol. The Labute approximate surface area is 109 Å². The molecule has 0 amide bonds. The van der Waals surface area contributed by atoms with Crippen LogP contribution < -0.4 is 5.32 Å². The molecule has 1 saturated carbocycles. The van der Waals surface area contributed by atoms with Gasteiger partial charge in [-0.15, -0.1) is 0 Å². The average Bonchev–Trinajstić information content (AvgIpc) is 2.95. The van der Waals surface area contributed by atoms with Gasteiger partial charge in [0.15, 0.2) is 0 Å². The maximum atomic E-state index is 5.94. The summed E-state index contributed by atoms with van der Waals surface area (Å²) in [6.07, 6.45) is 13.0. The highest BCUT2D eigenvalue weighted by Crippen LogP contribution is 2.27. The van der Waals surface area contributed by atoms with Gasteiger partial charge < -0.3 is 15.0 Å². The normalized spacial score (nSPS) is 30.4. The van der Waals surface area contributed by atoms with Gasteiger partial charge in [0.2, 0.25) is 0 Å². The highest BCUT2D eigenvalue weighted by atomic mass is 16.5. The number of rotatable bonds is 3. The summed E-state index contributed by atoms with van der Waals surface area (Å²) in [5, 5.41) is 3.77. The van der Waals surface area contributed by atoms with Gasteiger partial charge in [0.1, 0.15) is 0 Å². The number of hydrogen-bond acceptors (Lipinski definition) is 3. The quantitative estimate of drug-likeness (QED) is 0.865. The lowest BCUT2D eigenvalue weighted by atomic mass is 9.94. The molecule has 18 heavy (non-hydrogen) atoms. The van der Waals surface area contributed by atoms with Gasteiger partial charge in [-0.2, -0.15) is 0 Å². The summed E-state index contributed by atoms with van der Waals surface area (Å²) in [5.41, 5.74) is 1.12. The standard InChI is InChI=1S/C14H23N3O/c1-2-4-11(5-3-1)17-12-6-7-14(18-9-12)13-8-15-10-16-13/h8,10-12,14,17H,1-7,9H2,(H,15,16)/t12-,14+/m1/s1. The van der Waals surface area contributed by atoms with Crippen LogP contribution in [0.2, 0.25) is 0 Å². The Kier molecular flexibility index (Phi) is 3.96. The highest BCUT2D eigenvalue weighted by Gasteiger charge is 2.25. The lowest BCUT2D eigenvalue weighted by Gasteiger charge is -2.33. The van der Waals surface area contributed by atoms with Crippen LogP contribution >= 0.6 is 0 Å². The molecule has 1 aromatic heterocycles. The number of hydrogen-bond donors (Lipinski definition) is 2. The van der Waals surface area contributed by atoms with E-state index >= 15 is 0 Å². The zero-order chi connectivity index (χ0) is 12.2. The summed E-state index contributed by atoms with van der Waals surface area (Å²) in [5.74, 6) is 0. The monoisotopic (exact) mass is 249 g/mol. The minimum absolute atomic E-state index is 0.219. The predicted molar refractivity (Wildman–Crippen MR) is 70.3 cm³/mol. The fraction of sp³-hybridized carbons (Fsp3) is 0.786. The topological polar surface area (TPSA) is 49.9 Å². The van der Waals surface area contributed by atoms with Crippen molar-refractivity contribution in [2.45, 2.75) is 63.1 Å². The van der Waals surface area contributed by atoms with E-state index in [-0.39, 0.29) is 6.10 Å². The Hall–Kier alpha value is -0.870. The molecule has 1 aromatic rings. The number of aromatic nitrogens is 2. The van der Waals surface area contributed by atoms with Crippen molar-refractivity contribution in [3.63, 3.8) is 0 Å². The molecular weight excluding hydrogens is 226 g/mol. The molecule has 1 aliphatic heterocycles. The summed E-state index contributed by atoms with van der Waals surface area (Å²) >= 11 is 0. The van der Waals surface area contributed by atoms with Crippen LogP contribution in [0.1, 0.15) is 56.7 Å². The van der Waals surface area contributed by atoms with E-state index in [1.165, 1.54) is 38.5 Å². The van der Waals surface area contributed by atoms with Crippen LogP contribution in [0, 0.1) is 0 Å². The molecule has 2 fully saturated rings. The number of aromatic amines is 1. The van der Waals surface area contributed by atoms with E-state index in [9.17, 15) is 0 Å². The summed E-state index contributed by atoms with van der Waals surface area (Å²) < 4.78 is 5.94. The van der Waals surface area contributed by atoms with Crippen molar-refractivity contribution >= 4 is 0 Å². The van der Waals surface area contributed by atoms with E-state index in [1.807, 2.05) is 6.20 Å². The molecule has 0 unspecified atom stereocenters. The van der Waals surface area contributed by atoms with Gasteiger partial charge in [-0.1, -0.05) is 19.3 Å². The van der Waals surface area contributed by atoms with Crippen LogP contribution in [-0.2, 0) is 4.74 Å². The summed E-state index contributed by atoms with van der Waals surface area (Å²) in [6, 6.07) is 1.28. The smallest absolute Gasteiger partial charge is 0.0989 e. The molecule has 3 rings (SSSR count). The molecule has 2 heterocycles. The molecule has 2 aliphatic rings. The van der Waals surface area contributed by atoms with E-state index in [0.29, 0.717) is 6.04 Å². The van der Waals surface area contributed by atoms with E-state index < -0.39 is 0 Å². The van der Waals surface area contributed by atoms with Gasteiger partial charge in [-0.25, -0.2) is 4.98 Å². The first-order valence-electron chi connectivity index (χ1n) is 7.28. The van der Waals surface area contributed by atoms with Crippen LogP contribution in [0.3, 0.4) is 0 Å². The lowest BCUT2D eigenvalue weighted by molar-refractivity contribution is -0.00949. The Balaban J connectivity index is 1.45. The molecule has 4 heteroatoms. The van der Waals surface area contributed by atoms with Crippen molar-refractivity contribution in [3.05, 3.63) is 18.2 Å². The van der Waals surface area contributed by atoms with Crippen molar-refractivity contribution in [1.82, 2.24) is 15.3 Å². The largest absolute Gasteiger partial charge is 0.370 e. The van der Waals surface area contributed by atoms with Crippen molar-refractivity contribution in [1.29, 1.82) is 0 Å². The minimum atomic E-state index is 0.219. The summed E-state index contributed by atoms with van der Waals surface area (Å²) in [7, 11) is 0. The number of nitrogens with one attached hydrogen (secondary N) is 2.